The molecular weight excluding hydrogens is 486 g/mol. The molecule has 1 radical (unpaired) electrons. The van der Waals surface area contributed by atoms with Gasteiger partial charge in [-0.15, -0.1) is 29.5 Å². The molecule has 117 valence electrons. The molecule has 0 atom stereocenters. The number of rotatable bonds is 2. The topological polar surface area (TPSA) is 56.5 Å². The van der Waals surface area contributed by atoms with Crippen molar-refractivity contribution in [3.05, 3.63) is 53.6 Å². The van der Waals surface area contributed by atoms with Gasteiger partial charge in [0.1, 0.15) is 6.33 Å². The summed E-state index contributed by atoms with van der Waals surface area (Å²) in [6, 6.07) is 11.1. The Kier molecular flexibility index (Phi) is 4.35. The number of pyridine rings is 1. The van der Waals surface area contributed by atoms with Crippen LogP contribution < -0.4 is 0 Å². The third-order valence-corrected chi connectivity index (χ3v) is 4.28. The van der Waals surface area contributed by atoms with Crippen LogP contribution in [0.2, 0.25) is 0 Å². The van der Waals surface area contributed by atoms with E-state index in [4.69, 9.17) is 0 Å². The van der Waals surface area contributed by atoms with Gasteiger partial charge in [0.15, 0.2) is 0 Å². The van der Waals surface area contributed by atoms with Crippen molar-refractivity contribution in [3.63, 3.8) is 0 Å². The van der Waals surface area contributed by atoms with Crippen molar-refractivity contribution < 1.29 is 20.1 Å². The van der Waals surface area contributed by atoms with E-state index in [0.717, 1.165) is 38.7 Å². The van der Waals surface area contributed by atoms with Crippen molar-refractivity contribution in [2.45, 2.75) is 13.8 Å². The number of aryl methyl sites for hydroxylation is 2. The SMILES string of the molecule is Cc1ccc(-n2ncnc2-c2[c-]ccc3scnc23)c(C)n1.[Ir]. The van der Waals surface area contributed by atoms with Crippen LogP contribution in [0.25, 0.3) is 27.3 Å². The van der Waals surface area contributed by atoms with Crippen molar-refractivity contribution in [1.29, 1.82) is 0 Å². The Hall–Kier alpha value is -1.95. The van der Waals surface area contributed by atoms with Gasteiger partial charge in [-0.3, -0.25) is 19.6 Å². The Labute approximate surface area is 150 Å². The summed E-state index contributed by atoms with van der Waals surface area (Å²) < 4.78 is 2.91. The van der Waals surface area contributed by atoms with Crippen LogP contribution in [-0.4, -0.2) is 24.7 Å². The summed E-state index contributed by atoms with van der Waals surface area (Å²) in [7, 11) is 0. The molecule has 5 nitrogen and oxygen atoms in total. The largest absolute Gasteiger partial charge is 0.293 e. The van der Waals surface area contributed by atoms with Gasteiger partial charge in [-0.05, 0) is 30.7 Å². The minimum atomic E-state index is 0. The molecule has 4 aromatic rings. The van der Waals surface area contributed by atoms with Gasteiger partial charge in [0.05, 0.1) is 22.7 Å². The van der Waals surface area contributed by atoms with Gasteiger partial charge in [-0.2, -0.15) is 5.10 Å². The van der Waals surface area contributed by atoms with Crippen molar-refractivity contribution in [1.82, 2.24) is 24.7 Å². The normalized spacial score (nSPS) is 10.7. The molecule has 7 heteroatoms. The van der Waals surface area contributed by atoms with E-state index in [-0.39, 0.29) is 20.1 Å². The first-order valence-corrected chi connectivity index (χ1v) is 7.71. The molecule has 0 bridgehead atoms. The summed E-state index contributed by atoms with van der Waals surface area (Å²) in [6.07, 6.45) is 1.55. The third kappa shape index (κ3) is 2.71. The Morgan fingerprint density at radius 1 is 1.13 bits per heavy atom. The van der Waals surface area contributed by atoms with Crippen LogP contribution in [0.3, 0.4) is 0 Å². The summed E-state index contributed by atoms with van der Waals surface area (Å²) in [5.74, 6) is 0.727. The van der Waals surface area contributed by atoms with E-state index in [9.17, 15) is 0 Å². The van der Waals surface area contributed by atoms with Crippen LogP contribution in [0.1, 0.15) is 11.4 Å². The number of nitrogens with zero attached hydrogens (tertiary/aromatic N) is 5. The monoisotopic (exact) mass is 499 g/mol. The summed E-state index contributed by atoms with van der Waals surface area (Å²) in [5, 5.41) is 4.37. The van der Waals surface area contributed by atoms with Gasteiger partial charge in [0.2, 0.25) is 0 Å². The van der Waals surface area contributed by atoms with Gasteiger partial charge >= 0.3 is 0 Å². The first-order valence-electron chi connectivity index (χ1n) is 6.83. The fraction of sp³-hybridized carbons (Fsp3) is 0.125. The molecular formula is C16H12IrN5S-. The average Bonchev–Trinajstić information content (AvgIpc) is 3.15. The van der Waals surface area contributed by atoms with Gasteiger partial charge in [-0.25, -0.2) is 0 Å². The van der Waals surface area contributed by atoms with Crippen molar-refractivity contribution in [2.75, 3.05) is 0 Å². The maximum atomic E-state index is 4.50. The van der Waals surface area contributed by atoms with Gasteiger partial charge < -0.3 is 0 Å². The van der Waals surface area contributed by atoms with Crippen LogP contribution in [0.4, 0.5) is 0 Å². The minimum Gasteiger partial charge on any atom is -0.293 e. The summed E-state index contributed by atoms with van der Waals surface area (Å²) >= 11 is 1.60. The van der Waals surface area contributed by atoms with Crippen LogP contribution in [0.5, 0.6) is 0 Å². The Morgan fingerprint density at radius 3 is 2.83 bits per heavy atom. The molecule has 0 aliphatic heterocycles. The molecule has 0 saturated carbocycles. The van der Waals surface area contributed by atoms with Crippen LogP contribution in [0.15, 0.2) is 36.1 Å². The molecule has 23 heavy (non-hydrogen) atoms. The van der Waals surface area contributed by atoms with E-state index in [0.29, 0.717) is 0 Å². The molecule has 0 amide bonds. The van der Waals surface area contributed by atoms with Crippen molar-refractivity contribution in [2.24, 2.45) is 0 Å². The first kappa shape index (κ1) is 15.9. The molecule has 4 rings (SSSR count). The van der Waals surface area contributed by atoms with Crippen LogP contribution >= 0.6 is 11.3 Å². The van der Waals surface area contributed by atoms with E-state index in [2.05, 4.69) is 26.1 Å². The fourth-order valence-electron chi connectivity index (χ4n) is 2.49. The molecule has 0 N–H and O–H groups in total. The molecule has 0 aliphatic carbocycles. The molecule has 0 fully saturated rings. The Bertz CT molecular complexity index is 975. The quantitative estimate of drug-likeness (QED) is 0.398. The second-order valence-electron chi connectivity index (χ2n) is 4.97. The first-order chi connectivity index (χ1) is 10.7. The predicted molar refractivity (Wildman–Crippen MR) is 86.1 cm³/mol. The zero-order chi connectivity index (χ0) is 15.1. The minimum absolute atomic E-state index is 0. The summed E-state index contributed by atoms with van der Waals surface area (Å²) in [4.78, 5) is 13.4. The van der Waals surface area contributed by atoms with E-state index < -0.39 is 0 Å². The smallest absolute Gasteiger partial charge is 0.127 e. The molecule has 3 heterocycles. The predicted octanol–water partition coefficient (Wildman–Crippen LogP) is 3.35. The van der Waals surface area contributed by atoms with Crippen LogP contribution in [-0.2, 0) is 20.1 Å². The molecule has 0 unspecified atom stereocenters. The number of hydrogen-bond donors (Lipinski definition) is 0. The standard InChI is InChI=1S/C16H12N5S.Ir/c1-10-6-7-13(11(2)20-10)21-16(17-8-19-21)12-4-3-5-14-15(12)18-9-22-14;/h3,5-9H,1-2H3;/q-1;. The van der Waals surface area contributed by atoms with E-state index in [1.807, 2.05) is 43.6 Å². The Balaban J connectivity index is 0.00000156. The van der Waals surface area contributed by atoms with Crippen LogP contribution in [0, 0.1) is 19.9 Å². The molecule has 0 spiro atoms. The third-order valence-electron chi connectivity index (χ3n) is 3.49. The van der Waals surface area contributed by atoms with Gasteiger partial charge in [-0.1, -0.05) is 5.56 Å². The second kappa shape index (κ2) is 6.28. The summed E-state index contributed by atoms with van der Waals surface area (Å²) in [5.41, 5.74) is 6.41. The van der Waals surface area contributed by atoms with E-state index in [1.54, 1.807) is 22.3 Å². The number of hydrogen-bond acceptors (Lipinski definition) is 5. The fourth-order valence-corrected chi connectivity index (χ4v) is 3.18. The molecule has 3 aromatic heterocycles. The maximum Gasteiger partial charge on any atom is 0.127 e. The average molecular weight is 499 g/mol. The molecule has 0 aliphatic rings. The van der Waals surface area contributed by atoms with Gasteiger partial charge in [0.25, 0.3) is 0 Å². The molecule has 1 aromatic carbocycles. The maximum absolute atomic E-state index is 4.50. The number of aromatic nitrogens is 5. The zero-order valence-corrected chi connectivity index (χ0v) is 15.7. The number of thiazole rings is 1. The van der Waals surface area contributed by atoms with E-state index >= 15 is 0 Å². The number of fused-ring (bicyclic) bond motifs is 1. The van der Waals surface area contributed by atoms with Crippen molar-refractivity contribution in [3.8, 4) is 17.1 Å². The van der Waals surface area contributed by atoms with Gasteiger partial charge in [0, 0.05) is 31.3 Å². The zero-order valence-electron chi connectivity index (χ0n) is 12.4. The second-order valence-corrected chi connectivity index (χ2v) is 5.86. The van der Waals surface area contributed by atoms with Crippen molar-refractivity contribution >= 4 is 21.6 Å². The molecule has 0 saturated heterocycles. The summed E-state index contributed by atoms with van der Waals surface area (Å²) in [6.45, 7) is 3.95. The van der Waals surface area contributed by atoms with E-state index in [1.165, 1.54) is 0 Å². The number of benzene rings is 1. The Morgan fingerprint density at radius 2 is 2.00 bits per heavy atom.